The maximum absolute atomic E-state index is 6.53. The molecule has 0 fully saturated rings. The molecule has 67 heavy (non-hydrogen) atoms. The van der Waals surface area contributed by atoms with Crippen LogP contribution in [-0.2, 0) is 5.41 Å². The monoisotopic (exact) mass is 860 g/mol. The molecule has 0 aromatic heterocycles. The van der Waals surface area contributed by atoms with Gasteiger partial charge in [-0.25, -0.2) is 0 Å². The molecule has 9 aromatic carbocycles. The Balaban J connectivity index is 1.09. The molecule has 2 aliphatic heterocycles. The maximum atomic E-state index is 6.53. The van der Waals surface area contributed by atoms with Gasteiger partial charge < -0.3 is 19.3 Å². The molecule has 0 bridgehead atoms. The van der Waals surface area contributed by atoms with Gasteiger partial charge in [0.15, 0.2) is 23.0 Å². The van der Waals surface area contributed by atoms with Gasteiger partial charge in [-0.05, 0) is 145 Å². The molecule has 2 atom stereocenters. The third-order valence-corrected chi connectivity index (χ3v) is 14.8. The summed E-state index contributed by atoms with van der Waals surface area (Å²) in [7, 11) is 0. The van der Waals surface area contributed by atoms with Gasteiger partial charge in [0.25, 0.3) is 0 Å². The van der Waals surface area contributed by atoms with E-state index in [1.54, 1.807) is 0 Å². The van der Waals surface area contributed by atoms with Crippen LogP contribution < -0.4 is 19.3 Å². The summed E-state index contributed by atoms with van der Waals surface area (Å²) in [5.41, 5.74) is 16.4. The lowest BCUT2D eigenvalue weighted by Gasteiger charge is -2.34. The molecule has 3 aliphatic carbocycles. The van der Waals surface area contributed by atoms with Gasteiger partial charge in [-0.3, -0.25) is 0 Å². The number of ether oxygens (including phenoxy) is 2. The fourth-order valence-electron chi connectivity index (χ4n) is 11.7. The van der Waals surface area contributed by atoms with Crippen molar-refractivity contribution in [2.75, 3.05) is 9.80 Å². The van der Waals surface area contributed by atoms with Crippen molar-refractivity contribution in [1.29, 1.82) is 0 Å². The molecule has 2 unspecified atom stereocenters. The topological polar surface area (TPSA) is 24.9 Å². The Kier molecular flexibility index (Phi) is 8.12. The third-order valence-electron chi connectivity index (χ3n) is 14.8. The van der Waals surface area contributed by atoms with Crippen molar-refractivity contribution in [3.8, 4) is 45.3 Å². The number of anilines is 6. The first-order chi connectivity index (χ1) is 33.0. The molecule has 0 amide bonds. The lowest BCUT2D eigenvalue weighted by molar-refractivity contribution is 0.477. The summed E-state index contributed by atoms with van der Waals surface area (Å²) >= 11 is 0. The average molecular weight is 861 g/mol. The second kappa shape index (κ2) is 14.3. The first-order valence-corrected chi connectivity index (χ1v) is 23.3. The van der Waals surface area contributed by atoms with Crippen LogP contribution >= 0.6 is 0 Å². The number of rotatable bonds is 4. The number of nitrogens with zero attached hydrogens (tertiary/aromatic N) is 2. The van der Waals surface area contributed by atoms with Crippen molar-refractivity contribution in [3.05, 3.63) is 235 Å². The fraction of sp³-hybridized carbons (Fsp3) is 0.0794. The number of para-hydroxylation sites is 8. The van der Waals surface area contributed by atoms with Crippen molar-refractivity contribution in [3.63, 3.8) is 0 Å². The zero-order chi connectivity index (χ0) is 44.4. The van der Waals surface area contributed by atoms with E-state index in [4.69, 9.17) is 9.47 Å². The Morgan fingerprint density at radius 2 is 0.910 bits per heavy atom. The molecule has 0 radical (unpaired) electrons. The third kappa shape index (κ3) is 5.60. The van der Waals surface area contributed by atoms with Crippen LogP contribution in [0.1, 0.15) is 30.5 Å². The van der Waals surface area contributed by atoms with E-state index in [-0.39, 0.29) is 17.3 Å². The molecule has 0 saturated carbocycles. The van der Waals surface area contributed by atoms with Gasteiger partial charge in [-0.1, -0.05) is 153 Å². The minimum absolute atomic E-state index is 0.167. The number of hydrogen-bond donors (Lipinski definition) is 0. The van der Waals surface area contributed by atoms with Crippen molar-refractivity contribution < 1.29 is 9.47 Å². The molecule has 14 rings (SSSR count). The minimum Gasteiger partial charge on any atom is -0.453 e. The Bertz CT molecular complexity index is 3630. The maximum Gasteiger partial charge on any atom is 0.151 e. The smallest absolute Gasteiger partial charge is 0.151 e. The van der Waals surface area contributed by atoms with Crippen LogP contribution in [0, 0.1) is 11.8 Å². The lowest BCUT2D eigenvalue weighted by atomic mass is 9.74. The van der Waals surface area contributed by atoms with Crippen LogP contribution in [0.25, 0.3) is 49.4 Å². The summed E-state index contributed by atoms with van der Waals surface area (Å²) in [5.74, 6) is 3.78. The van der Waals surface area contributed by atoms with Crippen LogP contribution in [0.3, 0.4) is 0 Å². The second-order valence-corrected chi connectivity index (χ2v) is 18.8. The molecular weight excluding hydrogens is 817 g/mol. The van der Waals surface area contributed by atoms with E-state index in [1.807, 2.05) is 24.3 Å². The first kappa shape index (κ1) is 38.0. The standard InChI is InChI=1S/C63H44N2O2/c1-63(2)51-21-6-5-19-44(51)45-33-30-40(36-52(45)63)61-47-34-31-42(65-55-24-9-13-28-59(55)67-60-29-14-10-25-56(60)65)38-50(47)62(46-20-15-17-39-16-3-4-18-43(39)46)48-35-32-41(37-49(48)61)64-53-22-7-11-26-57(53)66-58-27-12-8-23-54(58)64/h3-39,43H,1-2H3. The average Bonchev–Trinajstić information content (AvgIpc) is 3.60. The van der Waals surface area contributed by atoms with Crippen LogP contribution in [-0.4, -0.2) is 0 Å². The fourth-order valence-corrected chi connectivity index (χ4v) is 11.7. The Labute approximate surface area is 390 Å². The van der Waals surface area contributed by atoms with E-state index < -0.39 is 0 Å². The molecule has 4 nitrogen and oxygen atoms in total. The van der Waals surface area contributed by atoms with Crippen LogP contribution in [0.5, 0.6) is 23.0 Å². The van der Waals surface area contributed by atoms with E-state index >= 15 is 0 Å². The van der Waals surface area contributed by atoms with E-state index in [1.165, 1.54) is 66.1 Å². The lowest BCUT2D eigenvalue weighted by Crippen LogP contribution is -2.17. The molecule has 4 heteroatoms. The van der Waals surface area contributed by atoms with E-state index in [9.17, 15) is 0 Å². The van der Waals surface area contributed by atoms with Crippen LogP contribution in [0.2, 0.25) is 0 Å². The van der Waals surface area contributed by atoms with E-state index in [0.29, 0.717) is 0 Å². The number of fused-ring (bicyclic) bond motifs is 10. The van der Waals surface area contributed by atoms with Gasteiger partial charge in [0.2, 0.25) is 0 Å². The summed E-state index contributed by atoms with van der Waals surface area (Å²) in [6.45, 7) is 4.75. The van der Waals surface area contributed by atoms with Gasteiger partial charge in [0.05, 0.1) is 22.7 Å². The van der Waals surface area contributed by atoms with Crippen molar-refractivity contribution >= 4 is 61.2 Å². The van der Waals surface area contributed by atoms with Crippen molar-refractivity contribution in [2.45, 2.75) is 19.3 Å². The Hall–Kier alpha value is -8.34. The molecule has 0 N–H and O–H groups in total. The molecule has 0 saturated heterocycles. The highest BCUT2D eigenvalue weighted by Crippen LogP contribution is 2.56. The van der Waals surface area contributed by atoms with Gasteiger partial charge in [-0.15, -0.1) is 0 Å². The summed E-state index contributed by atoms with van der Waals surface area (Å²) < 4.78 is 13.1. The second-order valence-electron chi connectivity index (χ2n) is 18.8. The summed E-state index contributed by atoms with van der Waals surface area (Å²) in [5, 5.41) is 4.83. The Morgan fingerprint density at radius 3 is 1.52 bits per heavy atom. The summed E-state index contributed by atoms with van der Waals surface area (Å²) in [4.78, 5) is 4.74. The van der Waals surface area contributed by atoms with Crippen LogP contribution in [0.4, 0.5) is 34.1 Å². The van der Waals surface area contributed by atoms with E-state index in [2.05, 4.69) is 218 Å². The SMILES string of the molecule is CC1(C)c2ccccc2-c2ccc(-c3c4ccc(N5c6ccccc6Oc6ccccc65)cc4c(C4=CC=CC5C=CC=CC45)c4ccc(N5c6ccccc6Oc6ccccc65)cc34)cc21. The van der Waals surface area contributed by atoms with Crippen LogP contribution in [0.15, 0.2) is 218 Å². The predicted molar refractivity (Wildman–Crippen MR) is 276 cm³/mol. The molecule has 318 valence electrons. The quantitative estimate of drug-likeness (QED) is 0.165. The van der Waals surface area contributed by atoms with Gasteiger partial charge in [0, 0.05) is 28.6 Å². The molecule has 0 spiro atoms. The largest absolute Gasteiger partial charge is 0.453 e. The van der Waals surface area contributed by atoms with E-state index in [0.717, 1.165) is 57.1 Å². The molecular formula is C63H44N2O2. The van der Waals surface area contributed by atoms with Gasteiger partial charge in [-0.2, -0.15) is 0 Å². The first-order valence-electron chi connectivity index (χ1n) is 23.3. The number of hydrogen-bond acceptors (Lipinski definition) is 4. The van der Waals surface area contributed by atoms with Crippen molar-refractivity contribution in [1.82, 2.24) is 0 Å². The highest BCUT2D eigenvalue weighted by Gasteiger charge is 2.37. The zero-order valence-electron chi connectivity index (χ0n) is 37.2. The summed E-state index contributed by atoms with van der Waals surface area (Å²) in [6, 6.07) is 63.9. The Morgan fingerprint density at radius 1 is 0.418 bits per heavy atom. The van der Waals surface area contributed by atoms with Gasteiger partial charge in [0.1, 0.15) is 0 Å². The summed E-state index contributed by atoms with van der Waals surface area (Å²) in [6.07, 6.45) is 16.1. The molecule has 2 heterocycles. The van der Waals surface area contributed by atoms with Crippen molar-refractivity contribution in [2.24, 2.45) is 11.8 Å². The molecule has 5 aliphatic rings. The highest BCUT2D eigenvalue weighted by molar-refractivity contribution is 6.21. The number of allylic oxidation sites excluding steroid dienone is 8. The highest BCUT2D eigenvalue weighted by atomic mass is 16.5. The zero-order valence-corrected chi connectivity index (χ0v) is 37.2. The normalized spacial score (nSPS) is 17.6. The molecule has 9 aromatic rings. The number of benzene rings is 9. The van der Waals surface area contributed by atoms with Gasteiger partial charge >= 0.3 is 0 Å². The minimum atomic E-state index is -0.167. The predicted octanol–water partition coefficient (Wildman–Crippen LogP) is 17.4.